The molecule has 0 N–H and O–H groups in total. The molecule has 0 fully saturated rings. The molecule has 14 heavy (non-hydrogen) atoms. The molecule has 0 amide bonds. The van der Waals surface area contributed by atoms with Gasteiger partial charge in [0.2, 0.25) is 0 Å². The summed E-state index contributed by atoms with van der Waals surface area (Å²) in [5, 5.41) is 0. The van der Waals surface area contributed by atoms with Gasteiger partial charge in [-0.25, -0.2) is 0 Å². The monoisotopic (exact) mass is 186 g/mol. The minimum atomic E-state index is 1.14. The molecule has 0 aliphatic heterocycles. The Hall–Kier alpha value is -1.04. The lowest BCUT2D eigenvalue weighted by molar-refractivity contribution is 1.02. The zero-order chi connectivity index (χ0) is 9.97. The van der Waals surface area contributed by atoms with Gasteiger partial charge in [-0.2, -0.15) is 0 Å². The zero-order valence-corrected chi connectivity index (χ0v) is 9.14. The maximum absolute atomic E-state index is 2.41. The van der Waals surface area contributed by atoms with Crippen LogP contribution < -0.4 is 0 Å². The van der Waals surface area contributed by atoms with Crippen molar-refractivity contribution in [3.63, 3.8) is 0 Å². The minimum absolute atomic E-state index is 1.14. The summed E-state index contributed by atoms with van der Waals surface area (Å²) in [6, 6.07) is 0. The first-order chi connectivity index (χ1) is 6.86. The molecule has 0 spiro atoms. The first kappa shape index (κ1) is 9.51. The highest BCUT2D eigenvalue weighted by molar-refractivity contribution is 5.53. The fraction of sp³-hybridized carbons (Fsp3) is 0.429. The van der Waals surface area contributed by atoms with E-state index in [1.165, 1.54) is 19.3 Å². The van der Waals surface area contributed by atoms with Gasteiger partial charge < -0.3 is 0 Å². The van der Waals surface area contributed by atoms with Gasteiger partial charge in [0.25, 0.3) is 0 Å². The lowest BCUT2D eigenvalue weighted by atomic mass is 9.96. The first-order valence-electron chi connectivity index (χ1n) is 5.64. The maximum atomic E-state index is 2.41. The van der Waals surface area contributed by atoms with E-state index in [0.29, 0.717) is 0 Å². The van der Waals surface area contributed by atoms with Gasteiger partial charge in [-0.3, -0.25) is 0 Å². The molecule has 0 aromatic rings. The molecule has 0 nitrogen and oxygen atoms in total. The molecule has 74 valence electrons. The topological polar surface area (TPSA) is 0 Å². The lowest BCUT2D eigenvalue weighted by Gasteiger charge is -2.09. The van der Waals surface area contributed by atoms with Gasteiger partial charge in [0.05, 0.1) is 0 Å². The molecule has 0 radical (unpaired) electrons. The third-order valence-corrected chi connectivity index (χ3v) is 3.20. The molecule has 2 aliphatic carbocycles. The van der Waals surface area contributed by atoms with Crippen molar-refractivity contribution < 1.29 is 0 Å². The summed E-state index contributed by atoms with van der Waals surface area (Å²) in [4.78, 5) is 0. The summed E-state index contributed by atoms with van der Waals surface area (Å²) in [6.07, 6.45) is 13.8. The quantitative estimate of drug-likeness (QED) is 0.615. The van der Waals surface area contributed by atoms with Crippen LogP contribution in [0.25, 0.3) is 0 Å². The van der Waals surface area contributed by atoms with Crippen molar-refractivity contribution in [1.82, 2.24) is 0 Å². The first-order valence-corrected chi connectivity index (χ1v) is 5.64. The molecule has 0 bridgehead atoms. The van der Waals surface area contributed by atoms with Gasteiger partial charge in [0.1, 0.15) is 0 Å². The largest absolute Gasteiger partial charge is 0.0801 e. The van der Waals surface area contributed by atoms with Crippen LogP contribution in [0.5, 0.6) is 0 Å². The molecule has 2 rings (SSSR count). The number of hydrogen-bond donors (Lipinski definition) is 0. The van der Waals surface area contributed by atoms with E-state index in [1.807, 2.05) is 0 Å². The van der Waals surface area contributed by atoms with Crippen LogP contribution in [0.15, 0.2) is 46.6 Å². The molecule has 0 atom stereocenters. The highest BCUT2D eigenvalue weighted by Crippen LogP contribution is 2.36. The summed E-state index contributed by atoms with van der Waals surface area (Å²) in [5.41, 5.74) is 6.34. The Morgan fingerprint density at radius 2 is 2.00 bits per heavy atom. The summed E-state index contributed by atoms with van der Waals surface area (Å²) in [5.74, 6) is 0. The van der Waals surface area contributed by atoms with Crippen LogP contribution in [0.4, 0.5) is 0 Å². The number of allylic oxidation sites excluding steroid dienone is 8. The van der Waals surface area contributed by atoms with Crippen molar-refractivity contribution in [1.29, 1.82) is 0 Å². The van der Waals surface area contributed by atoms with E-state index in [9.17, 15) is 0 Å². The molecule has 0 saturated carbocycles. The molecule has 0 heterocycles. The van der Waals surface area contributed by atoms with Crippen molar-refractivity contribution in [2.45, 2.75) is 39.5 Å². The molecular formula is C14H18. The SMILES string of the molecule is CCC1=CCC(C2=CC=CC2)=C1CC. The van der Waals surface area contributed by atoms with Crippen molar-refractivity contribution in [3.8, 4) is 0 Å². The Bertz CT molecular complexity index is 348. The normalized spacial score (nSPS) is 20.4. The average Bonchev–Trinajstić information content (AvgIpc) is 2.85. The van der Waals surface area contributed by atoms with Crippen LogP contribution in [0.3, 0.4) is 0 Å². The van der Waals surface area contributed by atoms with E-state index in [0.717, 1.165) is 6.42 Å². The standard InChI is InChI=1S/C14H18/c1-3-11-9-10-14(13(11)4-2)12-7-5-6-8-12/h5-7,9H,3-4,8,10H2,1-2H3. The average molecular weight is 186 g/mol. The van der Waals surface area contributed by atoms with E-state index >= 15 is 0 Å². The Morgan fingerprint density at radius 3 is 2.57 bits per heavy atom. The van der Waals surface area contributed by atoms with Gasteiger partial charge in [0, 0.05) is 0 Å². The van der Waals surface area contributed by atoms with Gasteiger partial charge in [-0.1, -0.05) is 38.2 Å². The Labute approximate surface area is 86.7 Å². The summed E-state index contributed by atoms with van der Waals surface area (Å²) in [7, 11) is 0. The third kappa shape index (κ3) is 1.50. The van der Waals surface area contributed by atoms with Crippen molar-refractivity contribution >= 4 is 0 Å². The van der Waals surface area contributed by atoms with Gasteiger partial charge in [-0.15, -0.1) is 0 Å². The van der Waals surface area contributed by atoms with Crippen molar-refractivity contribution in [2.75, 3.05) is 0 Å². The van der Waals surface area contributed by atoms with E-state index < -0.39 is 0 Å². The van der Waals surface area contributed by atoms with E-state index in [-0.39, 0.29) is 0 Å². The Balaban J connectivity index is 2.27. The second-order valence-electron chi connectivity index (χ2n) is 3.92. The van der Waals surface area contributed by atoms with Crippen LogP contribution in [0.1, 0.15) is 39.5 Å². The summed E-state index contributed by atoms with van der Waals surface area (Å²) in [6.45, 7) is 4.53. The number of hydrogen-bond acceptors (Lipinski definition) is 0. The van der Waals surface area contributed by atoms with E-state index in [1.54, 1.807) is 22.3 Å². The van der Waals surface area contributed by atoms with Crippen molar-refractivity contribution in [2.24, 2.45) is 0 Å². The van der Waals surface area contributed by atoms with Crippen LogP contribution >= 0.6 is 0 Å². The minimum Gasteiger partial charge on any atom is -0.0801 e. The lowest BCUT2D eigenvalue weighted by Crippen LogP contribution is -1.90. The van der Waals surface area contributed by atoms with Gasteiger partial charge in [-0.05, 0) is 48.0 Å². The molecule has 0 aromatic carbocycles. The molecular weight excluding hydrogens is 168 g/mol. The fourth-order valence-electron chi connectivity index (χ4n) is 2.46. The van der Waals surface area contributed by atoms with Crippen LogP contribution in [0.2, 0.25) is 0 Å². The zero-order valence-electron chi connectivity index (χ0n) is 9.14. The van der Waals surface area contributed by atoms with E-state index in [2.05, 4.69) is 38.2 Å². The van der Waals surface area contributed by atoms with Crippen molar-refractivity contribution in [3.05, 3.63) is 46.6 Å². The van der Waals surface area contributed by atoms with E-state index in [4.69, 9.17) is 0 Å². The van der Waals surface area contributed by atoms with Crippen LogP contribution in [-0.2, 0) is 0 Å². The fourth-order valence-corrected chi connectivity index (χ4v) is 2.46. The second-order valence-corrected chi connectivity index (χ2v) is 3.92. The predicted molar refractivity (Wildman–Crippen MR) is 62.1 cm³/mol. The summed E-state index contributed by atoms with van der Waals surface area (Å²) >= 11 is 0. The Kier molecular flexibility index (Phi) is 2.72. The summed E-state index contributed by atoms with van der Waals surface area (Å²) < 4.78 is 0. The van der Waals surface area contributed by atoms with Crippen LogP contribution in [-0.4, -0.2) is 0 Å². The predicted octanol–water partition coefficient (Wildman–Crippen LogP) is 4.32. The second kappa shape index (κ2) is 4.00. The third-order valence-electron chi connectivity index (χ3n) is 3.20. The van der Waals surface area contributed by atoms with Gasteiger partial charge >= 0.3 is 0 Å². The highest BCUT2D eigenvalue weighted by Gasteiger charge is 2.17. The molecule has 0 heteroatoms. The maximum Gasteiger partial charge on any atom is -0.00858 e. The molecule has 0 unspecified atom stereocenters. The smallest absolute Gasteiger partial charge is 0.00858 e. The van der Waals surface area contributed by atoms with Crippen LogP contribution in [0, 0.1) is 0 Å². The van der Waals surface area contributed by atoms with Gasteiger partial charge in [0.15, 0.2) is 0 Å². The Morgan fingerprint density at radius 1 is 1.14 bits per heavy atom. The molecule has 0 saturated heterocycles. The molecule has 0 aromatic heterocycles. The molecule has 2 aliphatic rings. The number of rotatable bonds is 3. The highest BCUT2D eigenvalue weighted by atomic mass is 14.2.